The molecule has 1 aliphatic heterocycles. The molecule has 1 fully saturated rings. The van der Waals surface area contributed by atoms with Gasteiger partial charge in [0.15, 0.2) is 16.8 Å². The fraction of sp³-hybridized carbons (Fsp3) is 0.375. The van der Waals surface area contributed by atoms with Crippen LogP contribution in [0.1, 0.15) is 23.4 Å². The minimum absolute atomic E-state index is 0.0700. The quantitative estimate of drug-likeness (QED) is 0.523. The highest BCUT2D eigenvalue weighted by molar-refractivity contribution is 7.99. The molecule has 2 heterocycles. The largest absolute Gasteiger partial charge is 0.371 e. The Labute approximate surface area is 196 Å². The van der Waals surface area contributed by atoms with Crippen molar-refractivity contribution in [3.63, 3.8) is 0 Å². The Kier molecular flexibility index (Phi) is 6.97. The molecule has 1 unspecified atom stereocenters. The molecule has 4 rings (SSSR count). The molecule has 0 aliphatic carbocycles. The number of rotatable bonds is 7. The van der Waals surface area contributed by atoms with E-state index in [1.807, 2.05) is 30.2 Å². The Morgan fingerprint density at radius 2 is 1.94 bits per heavy atom. The molecule has 1 atom stereocenters. The third kappa shape index (κ3) is 5.35. The van der Waals surface area contributed by atoms with Gasteiger partial charge >= 0.3 is 0 Å². The summed E-state index contributed by atoms with van der Waals surface area (Å²) in [6, 6.07) is 10.2. The summed E-state index contributed by atoms with van der Waals surface area (Å²) in [5, 5.41) is 12.1. The lowest BCUT2D eigenvalue weighted by Gasteiger charge is -2.19. The third-order valence-corrected chi connectivity index (χ3v) is 6.80. The summed E-state index contributed by atoms with van der Waals surface area (Å²) in [6.45, 7) is 7.97. The van der Waals surface area contributed by atoms with E-state index in [4.69, 9.17) is 0 Å². The standard InChI is InChI=1S/C24H27F2N5OS/c1-15-4-5-16(2)22(10-15)31-17(3)28-29-24(31)33-14-23(32)27-12-18-8-9-30(13-18)19-6-7-20(25)21(26)11-19/h4-7,10-11,18H,8-9,12-14H2,1-3H3,(H,27,32). The van der Waals surface area contributed by atoms with Crippen LogP contribution < -0.4 is 10.2 Å². The van der Waals surface area contributed by atoms with Gasteiger partial charge < -0.3 is 10.2 Å². The van der Waals surface area contributed by atoms with Crippen molar-refractivity contribution in [1.29, 1.82) is 0 Å². The van der Waals surface area contributed by atoms with Gasteiger partial charge in [-0.1, -0.05) is 23.9 Å². The Hall–Kier alpha value is -2.94. The smallest absolute Gasteiger partial charge is 0.230 e. The lowest BCUT2D eigenvalue weighted by atomic mass is 10.1. The Morgan fingerprint density at radius 3 is 2.73 bits per heavy atom. The number of thioether (sulfide) groups is 1. The summed E-state index contributed by atoms with van der Waals surface area (Å²) in [4.78, 5) is 14.5. The zero-order chi connectivity index (χ0) is 23.5. The predicted molar refractivity (Wildman–Crippen MR) is 126 cm³/mol. The molecule has 0 radical (unpaired) electrons. The molecule has 1 aliphatic rings. The molecule has 3 aromatic rings. The highest BCUT2D eigenvalue weighted by Crippen LogP contribution is 2.26. The average Bonchev–Trinajstić information content (AvgIpc) is 3.41. The first kappa shape index (κ1) is 23.2. The maximum absolute atomic E-state index is 13.5. The molecule has 0 saturated carbocycles. The van der Waals surface area contributed by atoms with Crippen LogP contribution in [0.3, 0.4) is 0 Å². The van der Waals surface area contributed by atoms with Crippen LogP contribution in [0.5, 0.6) is 0 Å². The van der Waals surface area contributed by atoms with Crippen molar-refractivity contribution in [3.05, 3.63) is 65.0 Å². The van der Waals surface area contributed by atoms with Crippen LogP contribution in [0.25, 0.3) is 5.69 Å². The van der Waals surface area contributed by atoms with Gasteiger partial charge in [-0.2, -0.15) is 0 Å². The normalized spacial score (nSPS) is 15.8. The molecule has 33 heavy (non-hydrogen) atoms. The maximum Gasteiger partial charge on any atom is 0.230 e. The van der Waals surface area contributed by atoms with Crippen LogP contribution in [-0.4, -0.2) is 46.1 Å². The minimum atomic E-state index is -0.845. The highest BCUT2D eigenvalue weighted by Gasteiger charge is 2.24. The van der Waals surface area contributed by atoms with E-state index in [0.29, 0.717) is 23.9 Å². The first-order valence-corrected chi connectivity index (χ1v) is 11.9. The zero-order valence-corrected chi connectivity index (χ0v) is 19.8. The SMILES string of the molecule is Cc1ccc(C)c(-n2c(C)nnc2SCC(=O)NCC2CCN(c3ccc(F)c(F)c3)C2)c1. The lowest BCUT2D eigenvalue weighted by molar-refractivity contribution is -0.118. The van der Waals surface area contributed by atoms with Crippen molar-refractivity contribution in [2.45, 2.75) is 32.3 Å². The van der Waals surface area contributed by atoms with Crippen LogP contribution in [0, 0.1) is 38.3 Å². The highest BCUT2D eigenvalue weighted by atomic mass is 32.2. The summed E-state index contributed by atoms with van der Waals surface area (Å²) in [5.74, 6) is -0.488. The molecular formula is C24H27F2N5OS. The van der Waals surface area contributed by atoms with Crippen molar-refractivity contribution in [2.24, 2.45) is 5.92 Å². The van der Waals surface area contributed by atoms with E-state index in [1.165, 1.54) is 17.8 Å². The molecule has 1 amide bonds. The average molecular weight is 472 g/mol. The number of benzene rings is 2. The van der Waals surface area contributed by atoms with Gasteiger partial charge in [-0.25, -0.2) is 8.78 Å². The van der Waals surface area contributed by atoms with Gasteiger partial charge in [0, 0.05) is 31.4 Å². The van der Waals surface area contributed by atoms with Crippen molar-refractivity contribution < 1.29 is 13.6 Å². The number of aryl methyl sites for hydroxylation is 3. The van der Waals surface area contributed by atoms with Gasteiger partial charge in [-0.05, 0) is 62.4 Å². The number of hydrogen-bond donors (Lipinski definition) is 1. The van der Waals surface area contributed by atoms with E-state index in [1.54, 1.807) is 6.07 Å². The number of amides is 1. The van der Waals surface area contributed by atoms with Crippen LogP contribution in [0.2, 0.25) is 0 Å². The lowest BCUT2D eigenvalue weighted by Crippen LogP contribution is -2.32. The molecule has 2 aromatic carbocycles. The minimum Gasteiger partial charge on any atom is -0.371 e. The van der Waals surface area contributed by atoms with Crippen LogP contribution >= 0.6 is 11.8 Å². The monoisotopic (exact) mass is 471 g/mol. The number of nitrogens with one attached hydrogen (secondary N) is 1. The second kappa shape index (κ2) is 9.91. The van der Waals surface area contributed by atoms with E-state index in [-0.39, 0.29) is 17.6 Å². The van der Waals surface area contributed by atoms with Crippen molar-refractivity contribution in [2.75, 3.05) is 30.3 Å². The van der Waals surface area contributed by atoms with Gasteiger partial charge in [-0.15, -0.1) is 10.2 Å². The molecule has 1 saturated heterocycles. The number of aromatic nitrogens is 3. The van der Waals surface area contributed by atoms with Crippen LogP contribution in [0.15, 0.2) is 41.6 Å². The number of carbonyl (C=O) groups excluding carboxylic acids is 1. The van der Waals surface area contributed by atoms with Gasteiger partial charge in [0.05, 0.1) is 11.4 Å². The molecule has 0 bridgehead atoms. The van der Waals surface area contributed by atoms with Crippen molar-refractivity contribution in [1.82, 2.24) is 20.1 Å². The first-order chi connectivity index (χ1) is 15.8. The predicted octanol–water partition coefficient (Wildman–Crippen LogP) is 4.21. The topological polar surface area (TPSA) is 63.1 Å². The fourth-order valence-electron chi connectivity index (χ4n) is 4.03. The van der Waals surface area contributed by atoms with Gasteiger partial charge in [0.25, 0.3) is 0 Å². The van der Waals surface area contributed by atoms with E-state index in [2.05, 4.69) is 33.7 Å². The van der Waals surface area contributed by atoms with Gasteiger partial charge in [-0.3, -0.25) is 9.36 Å². The number of carbonyl (C=O) groups is 1. The van der Waals surface area contributed by atoms with E-state index in [0.717, 1.165) is 41.7 Å². The number of halogens is 2. The van der Waals surface area contributed by atoms with E-state index < -0.39 is 11.6 Å². The number of hydrogen-bond acceptors (Lipinski definition) is 5. The Balaban J connectivity index is 1.30. The number of anilines is 1. The van der Waals surface area contributed by atoms with Crippen molar-refractivity contribution in [3.8, 4) is 5.69 Å². The Bertz CT molecular complexity index is 1170. The first-order valence-electron chi connectivity index (χ1n) is 10.9. The summed E-state index contributed by atoms with van der Waals surface area (Å²) in [6.07, 6.45) is 0.882. The number of nitrogens with zero attached hydrogens (tertiary/aromatic N) is 4. The molecule has 174 valence electrons. The molecule has 9 heteroatoms. The molecule has 1 N–H and O–H groups in total. The van der Waals surface area contributed by atoms with E-state index in [9.17, 15) is 13.6 Å². The molecule has 1 aromatic heterocycles. The molecular weight excluding hydrogens is 444 g/mol. The molecule has 0 spiro atoms. The summed E-state index contributed by atoms with van der Waals surface area (Å²) >= 11 is 1.36. The van der Waals surface area contributed by atoms with Gasteiger partial charge in [0.2, 0.25) is 5.91 Å². The summed E-state index contributed by atoms with van der Waals surface area (Å²) in [5.41, 5.74) is 3.94. The molecule has 6 nitrogen and oxygen atoms in total. The fourth-order valence-corrected chi connectivity index (χ4v) is 4.85. The van der Waals surface area contributed by atoms with Crippen LogP contribution in [-0.2, 0) is 4.79 Å². The Morgan fingerprint density at radius 1 is 1.12 bits per heavy atom. The van der Waals surface area contributed by atoms with Gasteiger partial charge in [0.1, 0.15) is 5.82 Å². The summed E-state index contributed by atoms with van der Waals surface area (Å²) in [7, 11) is 0. The maximum atomic E-state index is 13.5. The second-order valence-electron chi connectivity index (χ2n) is 8.45. The summed E-state index contributed by atoms with van der Waals surface area (Å²) < 4.78 is 28.7. The van der Waals surface area contributed by atoms with Crippen LogP contribution in [0.4, 0.5) is 14.5 Å². The van der Waals surface area contributed by atoms with E-state index >= 15 is 0 Å². The second-order valence-corrected chi connectivity index (χ2v) is 9.39. The zero-order valence-electron chi connectivity index (χ0n) is 18.9. The third-order valence-electron chi connectivity index (χ3n) is 5.88. The van der Waals surface area contributed by atoms with Crippen molar-refractivity contribution >= 4 is 23.4 Å².